The lowest BCUT2D eigenvalue weighted by molar-refractivity contribution is -0.150. The van der Waals surface area contributed by atoms with Gasteiger partial charge in [0.2, 0.25) is 0 Å². The molecule has 0 aromatic carbocycles. The van der Waals surface area contributed by atoms with Crippen LogP contribution in [-0.2, 0) is 19.0 Å². The molecule has 0 aromatic rings. The van der Waals surface area contributed by atoms with Gasteiger partial charge in [-0.3, -0.25) is 4.79 Å². The average Bonchev–Trinajstić information content (AvgIpc) is 3.30. The van der Waals surface area contributed by atoms with E-state index in [0.717, 1.165) is 6.42 Å². The van der Waals surface area contributed by atoms with E-state index >= 15 is 0 Å². The van der Waals surface area contributed by atoms with Crippen molar-refractivity contribution < 1.29 is 23.4 Å². The van der Waals surface area contributed by atoms with Crippen LogP contribution in [0.3, 0.4) is 0 Å². The zero-order chi connectivity index (χ0) is 14.8. The number of epoxide rings is 2. The van der Waals surface area contributed by atoms with Crippen molar-refractivity contribution in [3.63, 3.8) is 0 Å². The molecule has 0 aromatic heterocycles. The monoisotopic (exact) mass is 296 g/mol. The summed E-state index contributed by atoms with van der Waals surface area (Å²) in [6.45, 7) is 2.51. The maximum absolute atomic E-state index is 13.9. The number of halogens is 1. The Hall–Kier alpha value is -0.780. The molecule has 4 rings (SSSR count). The zero-order valence-electron chi connectivity index (χ0n) is 12.4. The molecule has 2 heterocycles. The van der Waals surface area contributed by atoms with E-state index in [2.05, 4.69) is 6.08 Å². The molecule has 5 heteroatoms. The minimum absolute atomic E-state index is 0.0817. The third-order valence-electron chi connectivity index (χ3n) is 5.51. The molecule has 4 aliphatic rings. The number of ketones is 1. The fourth-order valence-corrected chi connectivity index (χ4v) is 3.99. The van der Waals surface area contributed by atoms with Gasteiger partial charge >= 0.3 is 0 Å². The van der Waals surface area contributed by atoms with E-state index in [1.54, 1.807) is 0 Å². The summed E-state index contributed by atoms with van der Waals surface area (Å²) in [7, 11) is 1.47. The fraction of sp³-hybridized carbons (Fsp3) is 0.812. The Labute approximate surface area is 123 Å². The summed E-state index contributed by atoms with van der Waals surface area (Å²) in [6.07, 6.45) is 3.47. The standard InChI is InChI=1S/C16H21FO4/c1-15(11(21-15)6-5-9-3-4-9)14-13(19-2)12(18)10(17)7-16(14)8-20-16/h5,10-11,13-14H,3-4,6-8H2,1-2H3/t10-,11+,13+,14+,15-,16-/m0/s1. The molecule has 0 bridgehead atoms. The SMILES string of the molecule is CO[C@@H]1C(=O)[C@@H](F)C[C@]2(CO2)[C@H]1[C@@]1(C)O[C@@H]1CC=C1CC1. The van der Waals surface area contributed by atoms with Crippen LogP contribution >= 0.6 is 0 Å². The maximum atomic E-state index is 13.9. The van der Waals surface area contributed by atoms with Crippen LogP contribution in [0.15, 0.2) is 11.6 Å². The molecule has 4 nitrogen and oxygen atoms in total. The summed E-state index contributed by atoms with van der Waals surface area (Å²) in [5.74, 6) is -0.670. The molecular formula is C16H21FO4. The second-order valence-corrected chi connectivity index (χ2v) is 6.95. The van der Waals surface area contributed by atoms with E-state index in [4.69, 9.17) is 14.2 Å². The lowest BCUT2D eigenvalue weighted by Crippen LogP contribution is -2.56. The summed E-state index contributed by atoms with van der Waals surface area (Å²) in [4.78, 5) is 12.1. The molecule has 6 atom stereocenters. The first kappa shape index (κ1) is 13.9. The Morgan fingerprint density at radius 1 is 1.48 bits per heavy atom. The van der Waals surface area contributed by atoms with Crippen molar-refractivity contribution in [2.24, 2.45) is 5.92 Å². The second-order valence-electron chi connectivity index (χ2n) is 6.95. The van der Waals surface area contributed by atoms with Crippen LogP contribution in [0, 0.1) is 5.92 Å². The van der Waals surface area contributed by atoms with E-state index in [9.17, 15) is 9.18 Å². The average molecular weight is 296 g/mol. The van der Waals surface area contributed by atoms with Crippen LogP contribution in [0.2, 0.25) is 0 Å². The highest BCUT2D eigenvalue weighted by Crippen LogP contribution is 2.59. The molecule has 2 aliphatic carbocycles. The molecule has 0 radical (unpaired) electrons. The van der Waals surface area contributed by atoms with Crippen LogP contribution < -0.4 is 0 Å². The highest BCUT2D eigenvalue weighted by molar-refractivity contribution is 5.89. The van der Waals surface area contributed by atoms with Gasteiger partial charge < -0.3 is 14.2 Å². The van der Waals surface area contributed by atoms with Crippen LogP contribution in [-0.4, -0.2) is 49.1 Å². The number of methoxy groups -OCH3 is 1. The van der Waals surface area contributed by atoms with Gasteiger partial charge in [-0.1, -0.05) is 11.6 Å². The van der Waals surface area contributed by atoms with Crippen molar-refractivity contribution in [2.75, 3.05) is 13.7 Å². The van der Waals surface area contributed by atoms with Gasteiger partial charge in [0, 0.05) is 13.5 Å². The summed E-state index contributed by atoms with van der Waals surface area (Å²) < 4.78 is 30.8. The van der Waals surface area contributed by atoms with Gasteiger partial charge in [0.25, 0.3) is 0 Å². The Morgan fingerprint density at radius 2 is 2.19 bits per heavy atom. The molecule has 2 aliphatic heterocycles. The molecule has 0 unspecified atom stereocenters. The number of rotatable bonds is 4. The van der Waals surface area contributed by atoms with Gasteiger partial charge in [-0.05, 0) is 26.2 Å². The van der Waals surface area contributed by atoms with Crippen LogP contribution in [0.25, 0.3) is 0 Å². The smallest absolute Gasteiger partial charge is 0.196 e. The van der Waals surface area contributed by atoms with Gasteiger partial charge in [0.1, 0.15) is 17.3 Å². The molecule has 2 saturated heterocycles. The third-order valence-corrected chi connectivity index (χ3v) is 5.51. The van der Waals surface area contributed by atoms with Crippen LogP contribution in [0.5, 0.6) is 0 Å². The summed E-state index contributed by atoms with van der Waals surface area (Å²) in [5.41, 5.74) is 0.473. The Bertz CT molecular complexity index is 506. The van der Waals surface area contributed by atoms with Crippen molar-refractivity contribution in [1.82, 2.24) is 0 Å². The summed E-state index contributed by atoms with van der Waals surface area (Å²) in [6, 6.07) is 0. The minimum Gasteiger partial charge on any atom is -0.373 e. The quantitative estimate of drug-likeness (QED) is 0.588. The van der Waals surface area contributed by atoms with Crippen LogP contribution in [0.1, 0.15) is 32.6 Å². The van der Waals surface area contributed by atoms with Crippen molar-refractivity contribution in [1.29, 1.82) is 0 Å². The minimum atomic E-state index is -1.48. The number of carbonyl (C=O) groups excluding carboxylic acids is 1. The first-order valence-electron chi connectivity index (χ1n) is 7.70. The number of allylic oxidation sites excluding steroid dienone is 1. The van der Waals surface area contributed by atoms with Gasteiger partial charge in [-0.15, -0.1) is 0 Å². The van der Waals surface area contributed by atoms with Gasteiger partial charge in [-0.2, -0.15) is 0 Å². The molecular weight excluding hydrogens is 275 g/mol. The van der Waals surface area contributed by atoms with Crippen molar-refractivity contribution >= 4 is 5.78 Å². The lowest BCUT2D eigenvalue weighted by Gasteiger charge is -2.38. The zero-order valence-corrected chi connectivity index (χ0v) is 12.4. The van der Waals surface area contributed by atoms with Crippen molar-refractivity contribution in [3.8, 4) is 0 Å². The number of hydrogen-bond donors (Lipinski definition) is 0. The first-order valence-corrected chi connectivity index (χ1v) is 7.70. The second kappa shape index (κ2) is 4.37. The normalized spacial score (nSPS) is 51.2. The summed E-state index contributed by atoms with van der Waals surface area (Å²) >= 11 is 0. The highest BCUT2D eigenvalue weighted by Gasteiger charge is 2.73. The lowest BCUT2D eigenvalue weighted by atomic mass is 9.68. The molecule has 0 N–H and O–H groups in total. The predicted molar refractivity (Wildman–Crippen MR) is 72.7 cm³/mol. The fourth-order valence-electron chi connectivity index (χ4n) is 3.99. The third kappa shape index (κ3) is 2.09. The van der Waals surface area contributed by atoms with Gasteiger partial charge in [0.05, 0.1) is 18.6 Å². The topological polar surface area (TPSA) is 51.4 Å². The highest BCUT2D eigenvalue weighted by atomic mass is 19.1. The van der Waals surface area contributed by atoms with Crippen LogP contribution in [0.4, 0.5) is 4.39 Å². The van der Waals surface area contributed by atoms with E-state index in [1.807, 2.05) is 6.92 Å². The number of hydrogen-bond acceptors (Lipinski definition) is 4. The largest absolute Gasteiger partial charge is 0.373 e. The maximum Gasteiger partial charge on any atom is 0.196 e. The summed E-state index contributed by atoms with van der Waals surface area (Å²) in [5, 5.41) is 0. The van der Waals surface area contributed by atoms with E-state index in [1.165, 1.54) is 25.5 Å². The molecule has 0 amide bonds. The van der Waals surface area contributed by atoms with E-state index < -0.39 is 29.3 Å². The van der Waals surface area contributed by atoms with Gasteiger partial charge in [0.15, 0.2) is 12.0 Å². The van der Waals surface area contributed by atoms with E-state index in [0.29, 0.717) is 6.61 Å². The number of ether oxygens (including phenoxy) is 3. The number of carbonyl (C=O) groups is 1. The van der Waals surface area contributed by atoms with Crippen molar-refractivity contribution in [2.45, 2.75) is 62.2 Å². The Balaban J connectivity index is 1.57. The predicted octanol–water partition coefficient (Wildman–Crippen LogP) is 1.97. The number of Topliss-reactive ketones (excluding diaryl/α,β-unsaturated/α-hetero) is 1. The number of alkyl halides is 1. The molecule has 1 spiro atoms. The van der Waals surface area contributed by atoms with E-state index in [-0.39, 0.29) is 18.4 Å². The Morgan fingerprint density at radius 3 is 2.76 bits per heavy atom. The Kier molecular flexibility index (Phi) is 2.88. The molecule has 2 saturated carbocycles. The van der Waals surface area contributed by atoms with Crippen molar-refractivity contribution in [3.05, 3.63) is 11.6 Å². The molecule has 21 heavy (non-hydrogen) atoms. The molecule has 4 fully saturated rings. The van der Waals surface area contributed by atoms with Gasteiger partial charge in [-0.25, -0.2) is 4.39 Å². The first-order chi connectivity index (χ1) is 10.00. The molecule has 116 valence electrons.